The van der Waals surface area contributed by atoms with Crippen LogP contribution in [0.4, 0.5) is 0 Å². The van der Waals surface area contributed by atoms with Crippen LogP contribution in [-0.4, -0.2) is 62.8 Å². The number of carboxylic acids is 2. The minimum absolute atomic E-state index is 0.0153. The molecule has 0 bridgehead atoms. The summed E-state index contributed by atoms with van der Waals surface area (Å²) in [6.07, 6.45) is 11.2. The lowest BCUT2D eigenvalue weighted by molar-refractivity contribution is -0.156. The van der Waals surface area contributed by atoms with Gasteiger partial charge in [0.25, 0.3) is 0 Å². The van der Waals surface area contributed by atoms with Crippen molar-refractivity contribution in [1.82, 2.24) is 4.90 Å². The first kappa shape index (κ1) is 28.1. The zero-order valence-corrected chi connectivity index (χ0v) is 21.6. The summed E-state index contributed by atoms with van der Waals surface area (Å²) in [4.78, 5) is 64.2. The van der Waals surface area contributed by atoms with Gasteiger partial charge in [-0.3, -0.25) is 14.4 Å². The van der Waals surface area contributed by atoms with E-state index in [0.29, 0.717) is 17.7 Å². The van der Waals surface area contributed by atoms with Gasteiger partial charge in [0.05, 0.1) is 5.92 Å². The second-order valence-electron chi connectivity index (χ2n) is 9.87. The number of hydrogen-bond acceptors (Lipinski definition) is 7. The van der Waals surface area contributed by atoms with E-state index in [1.54, 1.807) is 31.2 Å². The first-order chi connectivity index (χ1) is 17.5. The van der Waals surface area contributed by atoms with E-state index in [1.807, 2.05) is 0 Å². The summed E-state index contributed by atoms with van der Waals surface area (Å²) in [6, 6.07) is -1.16. The zero-order chi connectivity index (χ0) is 27.3. The number of rotatable bonds is 13. The van der Waals surface area contributed by atoms with Crippen molar-refractivity contribution in [3.05, 3.63) is 46.7 Å². The number of Topliss-reactive ketones (excluding diaryl/α,β-unsaturated/α-hetero) is 2. The van der Waals surface area contributed by atoms with Crippen molar-refractivity contribution in [2.75, 3.05) is 6.54 Å². The van der Waals surface area contributed by atoms with Gasteiger partial charge in [0, 0.05) is 30.7 Å². The maximum Gasteiger partial charge on any atom is 0.343 e. The standard InChI is InChI=1S/C28H35NO8/c1-4-6-7-8-9-11-22(30)24-20-15-17-14-18(10-5-2)29(21(26(34)35)12-13-23(31)32)16-19(17)25(33)28(20,3)37-27(24)36/h5,10,14-15,19,21H,4,6-9,11-13,16H2,1-3H3,(H,31,32)(H,34,35)/b10-5+. The lowest BCUT2D eigenvalue weighted by atomic mass is 9.72. The summed E-state index contributed by atoms with van der Waals surface area (Å²) >= 11 is 0. The van der Waals surface area contributed by atoms with Gasteiger partial charge in [-0.2, -0.15) is 0 Å². The van der Waals surface area contributed by atoms with Gasteiger partial charge in [-0.25, -0.2) is 9.59 Å². The highest BCUT2D eigenvalue weighted by atomic mass is 16.6. The minimum atomic E-state index is -1.63. The average Bonchev–Trinajstić information content (AvgIpc) is 3.09. The Kier molecular flexibility index (Phi) is 8.89. The Morgan fingerprint density at radius 1 is 1.14 bits per heavy atom. The third-order valence-electron chi connectivity index (χ3n) is 7.23. The van der Waals surface area contributed by atoms with Crippen molar-refractivity contribution >= 4 is 29.5 Å². The van der Waals surface area contributed by atoms with Gasteiger partial charge in [-0.15, -0.1) is 0 Å². The third kappa shape index (κ3) is 5.76. The van der Waals surface area contributed by atoms with Gasteiger partial charge < -0.3 is 19.8 Å². The van der Waals surface area contributed by atoms with Gasteiger partial charge in [-0.05, 0) is 50.5 Å². The fourth-order valence-electron chi connectivity index (χ4n) is 5.24. The lowest BCUT2D eigenvalue weighted by Crippen LogP contribution is -2.52. The quantitative estimate of drug-likeness (QED) is 0.214. The van der Waals surface area contributed by atoms with E-state index in [4.69, 9.17) is 9.84 Å². The van der Waals surface area contributed by atoms with E-state index in [2.05, 4.69) is 6.92 Å². The molecule has 0 amide bonds. The van der Waals surface area contributed by atoms with E-state index in [-0.39, 0.29) is 42.7 Å². The maximum absolute atomic E-state index is 13.7. The number of carboxylic acid groups (broad SMARTS) is 2. The molecular formula is C28H35NO8. The largest absolute Gasteiger partial charge is 0.481 e. The molecule has 2 N–H and O–H groups in total. The van der Waals surface area contributed by atoms with Crippen LogP contribution < -0.4 is 0 Å². The molecule has 3 aliphatic rings. The molecule has 200 valence electrons. The number of fused-ring (bicyclic) bond motifs is 2. The molecule has 2 aliphatic heterocycles. The summed E-state index contributed by atoms with van der Waals surface area (Å²) in [5.41, 5.74) is -0.372. The molecule has 0 aromatic heterocycles. The minimum Gasteiger partial charge on any atom is -0.481 e. The predicted octanol–water partition coefficient (Wildman–Crippen LogP) is 3.75. The number of nitrogens with zero attached hydrogens (tertiary/aromatic N) is 1. The molecule has 2 heterocycles. The number of carbonyl (C=O) groups excluding carboxylic acids is 3. The molecule has 0 spiro atoms. The van der Waals surface area contributed by atoms with Gasteiger partial charge in [0.15, 0.2) is 17.2 Å². The average molecular weight is 514 g/mol. The molecular weight excluding hydrogens is 478 g/mol. The normalized spacial score (nSPS) is 23.9. The SMILES string of the molecule is C/C=C/C1=CC2=CC3=C(C(=O)CCCCCCC)C(=O)OC3(C)C(=O)C2CN1C(CCC(=O)O)C(=O)O. The number of hydrogen-bond donors (Lipinski definition) is 2. The van der Waals surface area contributed by atoms with Crippen LogP contribution in [0.15, 0.2) is 46.7 Å². The summed E-state index contributed by atoms with van der Waals surface area (Å²) in [5.74, 6) is -4.68. The Hall–Kier alpha value is -3.49. The summed E-state index contributed by atoms with van der Waals surface area (Å²) < 4.78 is 5.51. The number of esters is 1. The molecule has 1 aliphatic carbocycles. The molecule has 0 saturated heterocycles. The molecule has 0 saturated carbocycles. The fourth-order valence-corrected chi connectivity index (χ4v) is 5.24. The number of aliphatic carboxylic acids is 2. The molecule has 0 aromatic carbocycles. The first-order valence-electron chi connectivity index (χ1n) is 12.9. The smallest absolute Gasteiger partial charge is 0.343 e. The second-order valence-corrected chi connectivity index (χ2v) is 9.87. The topological polar surface area (TPSA) is 138 Å². The number of unbranched alkanes of at least 4 members (excludes halogenated alkanes) is 4. The molecule has 3 atom stereocenters. The number of ether oxygens (including phenoxy) is 1. The molecule has 0 radical (unpaired) electrons. The Bertz CT molecular complexity index is 1110. The van der Waals surface area contributed by atoms with Crippen LogP contribution in [0.3, 0.4) is 0 Å². The highest BCUT2D eigenvalue weighted by Crippen LogP contribution is 2.45. The van der Waals surface area contributed by atoms with Crippen molar-refractivity contribution in [3.63, 3.8) is 0 Å². The maximum atomic E-state index is 13.7. The first-order valence-corrected chi connectivity index (χ1v) is 12.9. The molecule has 3 rings (SSSR count). The van der Waals surface area contributed by atoms with Crippen LogP contribution in [0.1, 0.15) is 72.1 Å². The van der Waals surface area contributed by atoms with Gasteiger partial charge in [-0.1, -0.05) is 38.7 Å². The Balaban J connectivity index is 2.00. The summed E-state index contributed by atoms with van der Waals surface area (Å²) in [5, 5.41) is 18.9. The van der Waals surface area contributed by atoms with Gasteiger partial charge in [0.1, 0.15) is 11.6 Å². The van der Waals surface area contributed by atoms with Crippen molar-refractivity contribution in [2.24, 2.45) is 5.92 Å². The van der Waals surface area contributed by atoms with E-state index < -0.39 is 41.3 Å². The highest BCUT2D eigenvalue weighted by molar-refractivity contribution is 6.23. The lowest BCUT2D eigenvalue weighted by Gasteiger charge is -2.42. The van der Waals surface area contributed by atoms with Crippen molar-refractivity contribution in [2.45, 2.75) is 83.8 Å². The fraction of sp³-hybridized carbons (Fsp3) is 0.536. The van der Waals surface area contributed by atoms with Gasteiger partial charge >= 0.3 is 17.9 Å². The second kappa shape index (κ2) is 11.7. The van der Waals surface area contributed by atoms with Crippen molar-refractivity contribution < 1.29 is 38.9 Å². The van der Waals surface area contributed by atoms with Crippen LogP contribution in [0.25, 0.3) is 0 Å². The Morgan fingerprint density at radius 3 is 2.46 bits per heavy atom. The van der Waals surface area contributed by atoms with Crippen LogP contribution in [0.2, 0.25) is 0 Å². The van der Waals surface area contributed by atoms with Crippen LogP contribution >= 0.6 is 0 Å². The van der Waals surface area contributed by atoms with Gasteiger partial charge in [0.2, 0.25) is 0 Å². The number of carbonyl (C=O) groups is 5. The van der Waals surface area contributed by atoms with E-state index in [9.17, 15) is 29.1 Å². The molecule has 0 fully saturated rings. The van der Waals surface area contributed by atoms with E-state index in [1.165, 1.54) is 11.8 Å². The Labute approximate surface area is 216 Å². The molecule has 3 unspecified atom stereocenters. The predicted molar refractivity (Wildman–Crippen MR) is 134 cm³/mol. The van der Waals surface area contributed by atoms with E-state index in [0.717, 1.165) is 25.7 Å². The van der Waals surface area contributed by atoms with Crippen molar-refractivity contribution in [1.29, 1.82) is 0 Å². The van der Waals surface area contributed by atoms with Crippen LogP contribution in [0, 0.1) is 5.92 Å². The highest BCUT2D eigenvalue weighted by Gasteiger charge is 2.56. The summed E-state index contributed by atoms with van der Waals surface area (Å²) in [7, 11) is 0. The van der Waals surface area contributed by atoms with Crippen LogP contribution in [0.5, 0.6) is 0 Å². The summed E-state index contributed by atoms with van der Waals surface area (Å²) in [6.45, 7) is 5.33. The molecule has 9 heteroatoms. The van der Waals surface area contributed by atoms with Crippen molar-refractivity contribution in [3.8, 4) is 0 Å². The van der Waals surface area contributed by atoms with E-state index >= 15 is 0 Å². The number of allylic oxidation sites excluding steroid dienone is 3. The zero-order valence-electron chi connectivity index (χ0n) is 21.6. The molecule has 37 heavy (non-hydrogen) atoms. The Morgan fingerprint density at radius 2 is 1.84 bits per heavy atom. The third-order valence-corrected chi connectivity index (χ3v) is 7.23. The monoisotopic (exact) mass is 513 g/mol. The van der Waals surface area contributed by atoms with Crippen LogP contribution in [-0.2, 0) is 28.7 Å². The number of ketones is 2. The molecule has 0 aromatic rings. The molecule has 9 nitrogen and oxygen atoms in total.